The molecular weight excluding hydrogens is 505 g/mol. The molecule has 0 saturated heterocycles. The van der Waals surface area contributed by atoms with Crippen LogP contribution in [-0.4, -0.2) is 61.6 Å². The van der Waals surface area contributed by atoms with E-state index in [-0.39, 0.29) is 41.6 Å². The molecule has 1 heterocycles. The molecular formula is C29H32FN3O4S. The van der Waals surface area contributed by atoms with Crippen molar-refractivity contribution < 1.29 is 22.7 Å². The van der Waals surface area contributed by atoms with Crippen molar-refractivity contribution >= 4 is 10.0 Å². The molecule has 3 aromatic carbocycles. The van der Waals surface area contributed by atoms with Crippen molar-refractivity contribution in [3.8, 4) is 22.9 Å². The number of nitrogens with zero attached hydrogens (tertiary/aromatic N) is 3. The van der Waals surface area contributed by atoms with Crippen LogP contribution in [0.2, 0.25) is 0 Å². The Balaban J connectivity index is 1.72. The van der Waals surface area contributed by atoms with Gasteiger partial charge in [-0.25, -0.2) is 12.8 Å². The Kier molecular flexibility index (Phi) is 8.48. The predicted octanol–water partition coefficient (Wildman–Crippen LogP) is 4.26. The minimum Gasteiger partial charge on any atom is -0.487 e. The van der Waals surface area contributed by atoms with Gasteiger partial charge in [0.2, 0.25) is 10.0 Å². The lowest BCUT2D eigenvalue weighted by atomic mass is 10.0. The van der Waals surface area contributed by atoms with Gasteiger partial charge in [-0.05, 0) is 67.1 Å². The Labute approximate surface area is 223 Å². The van der Waals surface area contributed by atoms with Gasteiger partial charge in [-0.3, -0.25) is 4.90 Å². The second-order valence-electron chi connectivity index (χ2n) is 9.92. The van der Waals surface area contributed by atoms with Gasteiger partial charge in [0, 0.05) is 31.6 Å². The summed E-state index contributed by atoms with van der Waals surface area (Å²) < 4.78 is 48.9. The van der Waals surface area contributed by atoms with Crippen molar-refractivity contribution in [3.05, 3.63) is 83.7 Å². The van der Waals surface area contributed by atoms with E-state index in [0.29, 0.717) is 18.7 Å². The van der Waals surface area contributed by atoms with Crippen LogP contribution in [0.5, 0.6) is 5.75 Å². The molecule has 1 aliphatic rings. The number of fused-ring (bicyclic) bond motifs is 1. The molecule has 4 rings (SSSR count). The van der Waals surface area contributed by atoms with Gasteiger partial charge in [0.15, 0.2) is 0 Å². The van der Waals surface area contributed by atoms with E-state index < -0.39 is 16.1 Å². The first kappa shape index (κ1) is 27.7. The molecule has 0 bridgehead atoms. The minimum absolute atomic E-state index is 0.0416. The fourth-order valence-corrected chi connectivity index (χ4v) is 6.50. The van der Waals surface area contributed by atoms with Gasteiger partial charge in [-0.2, -0.15) is 9.57 Å². The number of likely N-dealkylation sites (N-methyl/N-ethyl adjacent to an activating group) is 1. The molecule has 0 fully saturated rings. The topological polar surface area (TPSA) is 93.9 Å². The number of hydrogen-bond acceptors (Lipinski definition) is 6. The second-order valence-corrected chi connectivity index (χ2v) is 11.8. The van der Waals surface area contributed by atoms with E-state index in [2.05, 4.69) is 6.07 Å². The van der Waals surface area contributed by atoms with Crippen molar-refractivity contribution in [1.82, 2.24) is 9.21 Å². The number of aliphatic hydroxyl groups is 1. The molecule has 3 aromatic rings. The molecule has 0 radical (unpaired) electrons. The number of halogens is 1. The smallest absolute Gasteiger partial charge is 0.247 e. The second kappa shape index (κ2) is 11.6. The monoisotopic (exact) mass is 537 g/mol. The number of rotatable bonds is 7. The highest BCUT2D eigenvalue weighted by molar-refractivity contribution is 7.89. The summed E-state index contributed by atoms with van der Waals surface area (Å²) in [4.78, 5) is 2.07. The number of ether oxygens (including phenoxy) is 1. The average molecular weight is 538 g/mol. The van der Waals surface area contributed by atoms with Crippen molar-refractivity contribution in [3.63, 3.8) is 0 Å². The molecule has 0 unspecified atom stereocenters. The lowest BCUT2D eigenvalue weighted by molar-refractivity contribution is 0.0734. The molecule has 0 amide bonds. The first-order valence-corrected chi connectivity index (χ1v) is 13.9. The van der Waals surface area contributed by atoms with Gasteiger partial charge in [-0.15, -0.1) is 0 Å². The lowest BCUT2D eigenvalue weighted by Crippen LogP contribution is -2.49. The van der Waals surface area contributed by atoms with Gasteiger partial charge in [0.1, 0.15) is 22.6 Å². The third-order valence-corrected chi connectivity index (χ3v) is 8.87. The maximum absolute atomic E-state index is 13.7. The van der Waals surface area contributed by atoms with Gasteiger partial charge in [0.05, 0.1) is 18.2 Å². The molecule has 7 nitrogen and oxygen atoms in total. The van der Waals surface area contributed by atoms with Gasteiger partial charge in [-0.1, -0.05) is 37.3 Å². The van der Waals surface area contributed by atoms with E-state index >= 15 is 0 Å². The SMILES string of the molecule is C[C@H](CO)N1C[C@H](C)[C@@H](CN(C)Cc2cccc(F)c2)Oc2cc(-c3ccc(C#N)cc3)ccc2S1(=O)=O. The van der Waals surface area contributed by atoms with E-state index in [1.807, 2.05) is 37.1 Å². The molecule has 1 aliphatic heterocycles. The third kappa shape index (κ3) is 6.05. The zero-order valence-corrected chi connectivity index (χ0v) is 22.5. The molecule has 0 saturated carbocycles. The number of benzene rings is 3. The Morgan fingerprint density at radius 1 is 1.16 bits per heavy atom. The van der Waals surface area contributed by atoms with Crippen molar-refractivity contribution in [1.29, 1.82) is 5.26 Å². The largest absolute Gasteiger partial charge is 0.487 e. The lowest BCUT2D eigenvalue weighted by Gasteiger charge is -2.37. The summed E-state index contributed by atoms with van der Waals surface area (Å²) in [6.45, 7) is 4.46. The fraction of sp³-hybridized carbons (Fsp3) is 0.345. The molecule has 9 heteroatoms. The molecule has 0 spiro atoms. The van der Waals surface area contributed by atoms with Crippen LogP contribution in [0, 0.1) is 23.1 Å². The highest BCUT2D eigenvalue weighted by atomic mass is 32.2. The summed E-state index contributed by atoms with van der Waals surface area (Å²) in [5.41, 5.74) is 2.93. The van der Waals surface area contributed by atoms with Gasteiger partial charge in [0.25, 0.3) is 0 Å². The molecule has 0 aliphatic carbocycles. The number of nitriles is 1. The van der Waals surface area contributed by atoms with E-state index in [1.165, 1.54) is 16.4 Å². The van der Waals surface area contributed by atoms with Crippen LogP contribution < -0.4 is 4.74 Å². The standard InChI is InChI=1S/C29H32FN3O4S/c1-20-16-33(21(2)19-34)38(35,36)29-12-11-25(24-9-7-22(15-31)8-10-24)14-27(29)37-28(20)18-32(3)17-23-5-4-6-26(30)13-23/h4-14,20-21,28,34H,16-19H2,1-3H3/t20-,21+,28+/m0/s1. The van der Waals surface area contributed by atoms with E-state index in [4.69, 9.17) is 10.00 Å². The van der Waals surface area contributed by atoms with Gasteiger partial charge >= 0.3 is 0 Å². The van der Waals surface area contributed by atoms with Crippen LogP contribution >= 0.6 is 0 Å². The van der Waals surface area contributed by atoms with Gasteiger partial charge < -0.3 is 9.84 Å². The summed E-state index contributed by atoms with van der Waals surface area (Å²) in [5, 5.41) is 19.0. The Morgan fingerprint density at radius 3 is 2.53 bits per heavy atom. The number of hydrogen-bond donors (Lipinski definition) is 1. The fourth-order valence-electron chi connectivity index (χ4n) is 4.68. The van der Waals surface area contributed by atoms with Crippen molar-refractivity contribution in [2.45, 2.75) is 37.4 Å². The zero-order chi connectivity index (χ0) is 27.4. The summed E-state index contributed by atoms with van der Waals surface area (Å²) in [5.74, 6) is -0.271. The molecule has 0 aromatic heterocycles. The van der Waals surface area contributed by atoms with Crippen molar-refractivity contribution in [2.75, 3.05) is 26.7 Å². The zero-order valence-electron chi connectivity index (χ0n) is 21.7. The van der Waals surface area contributed by atoms with Crippen LogP contribution in [0.25, 0.3) is 11.1 Å². The summed E-state index contributed by atoms with van der Waals surface area (Å²) in [6.07, 6.45) is -0.382. The van der Waals surface area contributed by atoms with E-state index in [0.717, 1.165) is 16.7 Å². The average Bonchev–Trinajstić information content (AvgIpc) is 2.90. The molecule has 200 valence electrons. The Morgan fingerprint density at radius 2 is 1.87 bits per heavy atom. The summed E-state index contributed by atoms with van der Waals surface area (Å²) in [6, 6.07) is 19.9. The molecule has 1 N–H and O–H groups in total. The molecule has 3 atom stereocenters. The Bertz CT molecular complexity index is 1420. The van der Waals surface area contributed by atoms with Crippen LogP contribution in [0.15, 0.2) is 71.6 Å². The minimum atomic E-state index is -3.95. The normalized spacial score (nSPS) is 20.0. The van der Waals surface area contributed by atoms with E-state index in [1.54, 1.807) is 43.3 Å². The number of aliphatic hydroxyl groups excluding tert-OH is 1. The molecule has 38 heavy (non-hydrogen) atoms. The highest BCUT2D eigenvalue weighted by Crippen LogP contribution is 2.36. The van der Waals surface area contributed by atoms with Crippen LogP contribution in [0.4, 0.5) is 4.39 Å². The van der Waals surface area contributed by atoms with Crippen molar-refractivity contribution in [2.24, 2.45) is 5.92 Å². The predicted molar refractivity (Wildman–Crippen MR) is 143 cm³/mol. The summed E-state index contributed by atoms with van der Waals surface area (Å²) in [7, 11) is -2.04. The van der Waals surface area contributed by atoms with Crippen LogP contribution in [0.3, 0.4) is 0 Å². The maximum atomic E-state index is 13.7. The Hall–Kier alpha value is -3.29. The maximum Gasteiger partial charge on any atom is 0.247 e. The van der Waals surface area contributed by atoms with Crippen LogP contribution in [-0.2, 0) is 16.6 Å². The summed E-state index contributed by atoms with van der Waals surface area (Å²) >= 11 is 0. The highest BCUT2D eigenvalue weighted by Gasteiger charge is 2.38. The quantitative estimate of drug-likeness (QED) is 0.484. The third-order valence-electron chi connectivity index (χ3n) is 6.85. The number of sulfonamides is 1. The first-order valence-electron chi connectivity index (χ1n) is 12.5. The van der Waals surface area contributed by atoms with E-state index in [9.17, 15) is 17.9 Å². The van der Waals surface area contributed by atoms with Crippen LogP contribution in [0.1, 0.15) is 25.0 Å². The first-order chi connectivity index (χ1) is 18.1.